The Morgan fingerprint density at radius 1 is 0.980 bits per heavy atom. The molecule has 0 aromatic heterocycles. The first-order valence-corrected chi connectivity index (χ1v) is 17.7. The number of amides is 6. The van der Waals surface area contributed by atoms with Crippen LogP contribution in [0.15, 0.2) is 42.5 Å². The van der Waals surface area contributed by atoms with E-state index in [4.69, 9.17) is 23.1 Å². The van der Waals surface area contributed by atoms with E-state index in [2.05, 4.69) is 20.5 Å². The van der Waals surface area contributed by atoms with E-state index in [9.17, 15) is 43.1 Å². The SMILES string of the molecule is CC(OP(=O)(O)O)[C@H](NC(=O)CCl)C(=O)N1CCCC[C@H]1C(=O)N[C@@H](CCc1ccc2ccccc2c1)C(=O)N[C@@H](CCC(N)=O)C(N)=O. The zero-order chi connectivity index (χ0) is 36.3. The molecule has 1 aliphatic heterocycles. The number of halogens is 1. The van der Waals surface area contributed by atoms with Crippen molar-refractivity contribution in [2.45, 2.75) is 82.1 Å². The molecule has 1 fully saturated rings. The number of piperidine rings is 1. The average Bonchev–Trinajstić information content (AvgIpc) is 3.05. The molecule has 268 valence electrons. The summed E-state index contributed by atoms with van der Waals surface area (Å²) in [5, 5.41) is 9.47. The lowest BCUT2D eigenvalue weighted by Gasteiger charge is -2.38. The molecule has 5 atom stereocenters. The number of fused-ring (bicyclic) bond motifs is 1. The van der Waals surface area contributed by atoms with Crippen LogP contribution in [0.2, 0.25) is 0 Å². The number of carbonyl (C=O) groups excluding carboxylic acids is 6. The van der Waals surface area contributed by atoms with Gasteiger partial charge in [-0.1, -0.05) is 42.5 Å². The molecule has 0 bridgehead atoms. The fourth-order valence-corrected chi connectivity index (χ4v) is 6.23. The van der Waals surface area contributed by atoms with Crippen molar-refractivity contribution in [1.82, 2.24) is 20.9 Å². The molecule has 0 saturated carbocycles. The third-order valence-corrected chi connectivity index (χ3v) is 8.92. The smallest absolute Gasteiger partial charge is 0.370 e. The Kier molecular flexibility index (Phi) is 14.5. The Bertz CT molecular complexity index is 1590. The zero-order valence-electron chi connectivity index (χ0n) is 26.9. The number of likely N-dealkylation sites (tertiary alicyclic amines) is 1. The predicted octanol–water partition coefficient (Wildman–Crippen LogP) is 0.0953. The van der Waals surface area contributed by atoms with Gasteiger partial charge in [0.2, 0.25) is 35.4 Å². The van der Waals surface area contributed by atoms with Crippen molar-refractivity contribution >= 4 is 65.6 Å². The lowest BCUT2D eigenvalue weighted by molar-refractivity contribution is -0.147. The third-order valence-electron chi connectivity index (χ3n) is 8.07. The van der Waals surface area contributed by atoms with Crippen LogP contribution in [0, 0.1) is 0 Å². The monoisotopic (exact) mass is 724 g/mol. The summed E-state index contributed by atoms with van der Waals surface area (Å²) in [5.41, 5.74) is 11.5. The van der Waals surface area contributed by atoms with Gasteiger partial charge in [0, 0.05) is 13.0 Å². The highest BCUT2D eigenvalue weighted by Crippen LogP contribution is 2.38. The van der Waals surface area contributed by atoms with E-state index in [1.165, 1.54) is 6.92 Å². The molecule has 0 aliphatic carbocycles. The summed E-state index contributed by atoms with van der Waals surface area (Å²) in [5.74, 6) is -5.31. The predicted molar refractivity (Wildman–Crippen MR) is 178 cm³/mol. The van der Waals surface area contributed by atoms with E-state index in [1.54, 1.807) is 0 Å². The standard InChI is InChI=1S/C31H42ClN6O10P/c1-18(48-49(45,46)47)27(37-26(40)17-32)31(44)38-15-5-4-8-24(38)30(43)36-23(29(42)35-22(28(34)41)13-14-25(33)39)12-10-19-9-11-20-6-2-3-7-21(20)16-19/h2-3,6-7,9,11,16,18,22-24,27H,4-5,8,10,12-15,17H2,1H3,(H2,33,39)(H2,34,41)(H,35,42)(H,36,43)(H,37,40)(H2,45,46,47)/t18?,22-,23-,24-,27-/m0/s1. The van der Waals surface area contributed by atoms with Crippen molar-refractivity contribution in [3.05, 3.63) is 48.0 Å². The van der Waals surface area contributed by atoms with Crippen molar-refractivity contribution in [3.8, 4) is 0 Å². The number of phosphoric ester groups is 1. The summed E-state index contributed by atoms with van der Waals surface area (Å²) in [6.45, 7) is 1.23. The Hall–Kier alpha value is -4.08. The molecule has 0 radical (unpaired) electrons. The van der Waals surface area contributed by atoms with E-state index >= 15 is 0 Å². The topological polar surface area (TPSA) is 261 Å². The second-order valence-electron chi connectivity index (χ2n) is 11.8. The number of phosphoric acid groups is 1. The molecule has 16 nitrogen and oxygen atoms in total. The van der Waals surface area contributed by atoms with Crippen LogP contribution in [0.3, 0.4) is 0 Å². The first-order chi connectivity index (χ1) is 23.1. The van der Waals surface area contributed by atoms with Gasteiger partial charge in [0.05, 0.1) is 6.10 Å². The second-order valence-corrected chi connectivity index (χ2v) is 13.2. The minimum absolute atomic E-state index is 0.0532. The summed E-state index contributed by atoms with van der Waals surface area (Å²) < 4.78 is 16.2. The zero-order valence-corrected chi connectivity index (χ0v) is 28.5. The summed E-state index contributed by atoms with van der Waals surface area (Å²) in [6.07, 6.45) is -0.335. The van der Waals surface area contributed by atoms with Crippen LogP contribution in [-0.2, 0) is 44.3 Å². The molecule has 1 heterocycles. The maximum atomic E-state index is 13.8. The van der Waals surface area contributed by atoms with Crippen molar-refractivity contribution < 1.29 is 47.6 Å². The Labute approximate surface area is 287 Å². The highest BCUT2D eigenvalue weighted by molar-refractivity contribution is 7.46. The number of alkyl halides is 1. The summed E-state index contributed by atoms with van der Waals surface area (Å²) in [7, 11) is -5.09. The fourth-order valence-electron chi connectivity index (χ4n) is 5.60. The van der Waals surface area contributed by atoms with E-state index in [0.717, 1.165) is 21.2 Å². The van der Waals surface area contributed by atoms with Crippen LogP contribution in [0.5, 0.6) is 0 Å². The maximum Gasteiger partial charge on any atom is 0.469 e. The lowest BCUT2D eigenvalue weighted by atomic mass is 9.97. The van der Waals surface area contributed by atoms with Gasteiger partial charge in [0.1, 0.15) is 30.0 Å². The van der Waals surface area contributed by atoms with E-state index in [1.807, 2.05) is 42.5 Å². The van der Waals surface area contributed by atoms with Gasteiger partial charge in [-0.25, -0.2) is 4.57 Å². The second kappa shape index (κ2) is 18.1. The molecule has 0 spiro atoms. The molecule has 1 saturated heterocycles. The molecule has 1 aliphatic rings. The van der Waals surface area contributed by atoms with Gasteiger partial charge in [0.15, 0.2) is 0 Å². The van der Waals surface area contributed by atoms with Gasteiger partial charge in [0.25, 0.3) is 0 Å². The van der Waals surface area contributed by atoms with Crippen LogP contribution in [0.1, 0.15) is 51.0 Å². The first kappa shape index (κ1) is 39.4. The Morgan fingerprint density at radius 2 is 1.67 bits per heavy atom. The summed E-state index contributed by atoms with van der Waals surface area (Å²) in [4.78, 5) is 96.6. The largest absolute Gasteiger partial charge is 0.469 e. The highest BCUT2D eigenvalue weighted by atomic mass is 35.5. The molecule has 9 N–H and O–H groups in total. The molecular weight excluding hydrogens is 683 g/mol. The van der Waals surface area contributed by atoms with Crippen LogP contribution in [0.4, 0.5) is 0 Å². The summed E-state index contributed by atoms with van der Waals surface area (Å²) in [6, 6.07) is 8.21. The molecule has 3 rings (SSSR count). The number of hydrogen-bond donors (Lipinski definition) is 7. The Morgan fingerprint density at radius 3 is 2.31 bits per heavy atom. The number of hydrogen-bond acceptors (Lipinski definition) is 8. The van der Waals surface area contributed by atoms with E-state index in [0.29, 0.717) is 19.3 Å². The molecular formula is C31H42ClN6O10P. The first-order valence-electron chi connectivity index (χ1n) is 15.7. The quantitative estimate of drug-likeness (QED) is 0.0855. The normalized spacial score (nSPS) is 17.3. The number of nitrogens with two attached hydrogens (primary N) is 2. The lowest BCUT2D eigenvalue weighted by Crippen LogP contribution is -2.62. The molecule has 2 aromatic rings. The number of aryl methyl sites for hydroxylation is 1. The van der Waals surface area contributed by atoms with E-state index in [-0.39, 0.29) is 32.2 Å². The van der Waals surface area contributed by atoms with Crippen LogP contribution in [-0.4, -0.2) is 92.8 Å². The van der Waals surface area contributed by atoms with Crippen molar-refractivity contribution in [3.63, 3.8) is 0 Å². The van der Waals surface area contributed by atoms with Crippen LogP contribution >= 0.6 is 19.4 Å². The van der Waals surface area contributed by atoms with Crippen molar-refractivity contribution in [1.29, 1.82) is 0 Å². The van der Waals surface area contributed by atoms with Crippen LogP contribution < -0.4 is 27.4 Å². The molecule has 6 amide bonds. The third kappa shape index (κ3) is 12.1. The van der Waals surface area contributed by atoms with Crippen molar-refractivity contribution in [2.75, 3.05) is 12.4 Å². The fraction of sp³-hybridized carbons (Fsp3) is 0.484. The van der Waals surface area contributed by atoms with E-state index < -0.39 is 79.4 Å². The number of carbonyl (C=O) groups is 6. The molecule has 18 heteroatoms. The molecule has 1 unspecified atom stereocenters. The molecule has 2 aromatic carbocycles. The number of benzene rings is 2. The van der Waals surface area contributed by atoms with Gasteiger partial charge >= 0.3 is 7.82 Å². The van der Waals surface area contributed by atoms with Gasteiger partial charge in [-0.05, 0) is 61.8 Å². The Balaban J connectivity index is 1.87. The van der Waals surface area contributed by atoms with Gasteiger partial charge in [-0.3, -0.25) is 33.3 Å². The minimum Gasteiger partial charge on any atom is -0.370 e. The van der Waals surface area contributed by atoms with Gasteiger partial charge in [-0.2, -0.15) is 0 Å². The number of primary amides is 2. The van der Waals surface area contributed by atoms with Gasteiger partial charge < -0.3 is 42.1 Å². The number of nitrogens with one attached hydrogen (secondary N) is 3. The van der Waals surface area contributed by atoms with Gasteiger partial charge in [-0.15, -0.1) is 11.6 Å². The average molecular weight is 725 g/mol. The molecule has 49 heavy (non-hydrogen) atoms. The highest BCUT2D eigenvalue weighted by Gasteiger charge is 2.41. The maximum absolute atomic E-state index is 13.8. The van der Waals surface area contributed by atoms with Crippen molar-refractivity contribution in [2.24, 2.45) is 11.5 Å². The number of nitrogens with zero attached hydrogens (tertiary/aromatic N) is 1. The summed E-state index contributed by atoms with van der Waals surface area (Å²) >= 11 is 5.60. The minimum atomic E-state index is -5.09. The number of rotatable bonds is 17. The van der Waals surface area contributed by atoms with Crippen LogP contribution in [0.25, 0.3) is 10.8 Å².